The molecule has 2 N–H and O–H groups in total. The summed E-state index contributed by atoms with van der Waals surface area (Å²) in [6.45, 7) is 2.44. The number of hydrogen-bond donors (Lipinski definition) is 2. The predicted octanol–water partition coefficient (Wildman–Crippen LogP) is 6.72. The van der Waals surface area contributed by atoms with Crippen molar-refractivity contribution in [2.75, 3.05) is 6.61 Å². The quantitative estimate of drug-likeness (QED) is 0.196. The zero-order valence-corrected chi connectivity index (χ0v) is 18.9. The highest BCUT2D eigenvalue weighted by molar-refractivity contribution is 6.09. The third-order valence-electron chi connectivity index (χ3n) is 5.46. The van der Waals surface area contributed by atoms with E-state index in [2.05, 4.69) is 6.92 Å². The van der Waals surface area contributed by atoms with Gasteiger partial charge in [-0.2, -0.15) is 0 Å². The number of esters is 1. The molecule has 0 unspecified atom stereocenters. The summed E-state index contributed by atoms with van der Waals surface area (Å²) in [6.07, 6.45) is 17.2. The van der Waals surface area contributed by atoms with Crippen LogP contribution in [0.5, 0.6) is 0 Å². The van der Waals surface area contributed by atoms with Crippen molar-refractivity contribution in [1.29, 1.82) is 0 Å². The summed E-state index contributed by atoms with van der Waals surface area (Å²) in [4.78, 5) is 34.8. The van der Waals surface area contributed by atoms with Crippen LogP contribution in [0.2, 0.25) is 0 Å². The van der Waals surface area contributed by atoms with E-state index in [4.69, 9.17) is 9.84 Å². The van der Waals surface area contributed by atoms with Gasteiger partial charge in [0.2, 0.25) is 0 Å². The minimum Gasteiger partial charge on any atom is -0.478 e. The molecule has 0 spiro atoms. The van der Waals surface area contributed by atoms with Crippen LogP contribution in [0.1, 0.15) is 128 Å². The van der Waals surface area contributed by atoms with E-state index in [9.17, 15) is 19.5 Å². The summed E-state index contributed by atoms with van der Waals surface area (Å²) in [6, 6.07) is 3.79. The molecule has 1 aromatic rings. The maximum atomic E-state index is 12.2. The first-order valence-electron chi connectivity index (χ1n) is 11.8. The summed E-state index contributed by atoms with van der Waals surface area (Å²) < 4.78 is 5.17. The summed E-state index contributed by atoms with van der Waals surface area (Å²) in [5.74, 6) is -3.64. The molecule has 0 saturated heterocycles. The van der Waals surface area contributed by atoms with E-state index in [1.165, 1.54) is 82.8 Å². The van der Waals surface area contributed by atoms with Crippen molar-refractivity contribution >= 4 is 17.9 Å². The van der Waals surface area contributed by atoms with Crippen LogP contribution in [0.25, 0.3) is 0 Å². The molecule has 0 radical (unpaired) electrons. The number of aromatic carboxylic acids is 2. The molecule has 31 heavy (non-hydrogen) atoms. The molecule has 1 rings (SSSR count). The van der Waals surface area contributed by atoms with Crippen LogP contribution in [-0.2, 0) is 4.74 Å². The van der Waals surface area contributed by atoms with E-state index in [1.807, 2.05) is 0 Å². The summed E-state index contributed by atoms with van der Waals surface area (Å²) >= 11 is 0. The van der Waals surface area contributed by atoms with Gasteiger partial charge >= 0.3 is 17.9 Å². The third-order valence-corrected chi connectivity index (χ3v) is 5.46. The highest BCUT2D eigenvalue weighted by Crippen LogP contribution is 2.17. The van der Waals surface area contributed by atoms with Gasteiger partial charge < -0.3 is 14.9 Å². The molecular weight excluding hydrogens is 396 g/mol. The van der Waals surface area contributed by atoms with E-state index in [0.29, 0.717) is 6.42 Å². The van der Waals surface area contributed by atoms with E-state index in [0.717, 1.165) is 18.9 Å². The van der Waals surface area contributed by atoms with Gasteiger partial charge in [0.25, 0.3) is 0 Å². The molecule has 1 aromatic carbocycles. The zero-order valence-electron chi connectivity index (χ0n) is 18.9. The van der Waals surface area contributed by atoms with Gasteiger partial charge in [-0.25, -0.2) is 14.4 Å². The van der Waals surface area contributed by atoms with E-state index < -0.39 is 29.0 Å². The molecule has 0 aromatic heterocycles. The van der Waals surface area contributed by atoms with Gasteiger partial charge in [0.05, 0.1) is 23.3 Å². The van der Waals surface area contributed by atoms with Crippen molar-refractivity contribution < 1.29 is 29.3 Å². The number of carboxylic acid groups (broad SMARTS) is 2. The molecule has 6 heteroatoms. The Morgan fingerprint density at radius 1 is 0.677 bits per heavy atom. The van der Waals surface area contributed by atoms with Crippen LogP contribution in [0, 0.1) is 0 Å². The zero-order chi connectivity index (χ0) is 22.9. The maximum Gasteiger partial charge on any atom is 0.339 e. The average Bonchev–Trinajstić information content (AvgIpc) is 2.75. The number of benzene rings is 1. The fourth-order valence-electron chi connectivity index (χ4n) is 3.67. The molecule has 0 aliphatic rings. The van der Waals surface area contributed by atoms with E-state index in [-0.39, 0.29) is 12.2 Å². The minimum absolute atomic E-state index is 0.202. The van der Waals surface area contributed by atoms with Crippen molar-refractivity contribution in [2.24, 2.45) is 0 Å². The van der Waals surface area contributed by atoms with Gasteiger partial charge in [-0.3, -0.25) is 0 Å². The Morgan fingerprint density at radius 3 is 1.58 bits per heavy atom. The fourth-order valence-corrected chi connectivity index (χ4v) is 3.67. The maximum absolute atomic E-state index is 12.2. The fraction of sp³-hybridized carbons (Fsp3) is 0.640. The monoisotopic (exact) mass is 434 g/mol. The second-order valence-electron chi connectivity index (χ2n) is 8.07. The van der Waals surface area contributed by atoms with Crippen molar-refractivity contribution in [1.82, 2.24) is 0 Å². The van der Waals surface area contributed by atoms with Crippen molar-refractivity contribution in [3.63, 3.8) is 0 Å². The Kier molecular flexibility index (Phi) is 14.1. The van der Waals surface area contributed by atoms with Crippen LogP contribution in [0.4, 0.5) is 0 Å². The van der Waals surface area contributed by atoms with Crippen LogP contribution in [0.3, 0.4) is 0 Å². The first-order valence-corrected chi connectivity index (χ1v) is 11.8. The van der Waals surface area contributed by atoms with Gasteiger partial charge in [-0.1, -0.05) is 96.5 Å². The second kappa shape index (κ2) is 16.3. The lowest BCUT2D eigenvalue weighted by Crippen LogP contribution is -2.16. The first-order chi connectivity index (χ1) is 15.0. The lowest BCUT2D eigenvalue weighted by Gasteiger charge is -2.09. The van der Waals surface area contributed by atoms with Gasteiger partial charge in [-0.05, 0) is 18.6 Å². The Labute approximate surface area is 186 Å². The van der Waals surface area contributed by atoms with Gasteiger partial charge in [-0.15, -0.1) is 0 Å². The Balaban J connectivity index is 2.12. The molecule has 6 nitrogen and oxygen atoms in total. The molecule has 0 fully saturated rings. The Morgan fingerprint density at radius 2 is 1.13 bits per heavy atom. The topological polar surface area (TPSA) is 101 Å². The number of ether oxygens (including phenoxy) is 1. The highest BCUT2D eigenvalue weighted by atomic mass is 16.5. The number of unbranched alkanes of at least 4 members (excludes halogenated alkanes) is 13. The summed E-state index contributed by atoms with van der Waals surface area (Å²) in [7, 11) is 0. The molecule has 0 aliphatic carbocycles. The van der Waals surface area contributed by atoms with Crippen LogP contribution < -0.4 is 0 Å². The highest BCUT2D eigenvalue weighted by Gasteiger charge is 2.24. The van der Waals surface area contributed by atoms with Crippen LogP contribution in [0.15, 0.2) is 18.2 Å². The average molecular weight is 435 g/mol. The first kappa shape index (κ1) is 26.7. The van der Waals surface area contributed by atoms with E-state index >= 15 is 0 Å². The minimum atomic E-state index is -1.46. The largest absolute Gasteiger partial charge is 0.478 e. The predicted molar refractivity (Wildman–Crippen MR) is 121 cm³/mol. The normalized spacial score (nSPS) is 10.7. The molecule has 0 aliphatic heterocycles. The van der Waals surface area contributed by atoms with Gasteiger partial charge in [0.1, 0.15) is 0 Å². The van der Waals surface area contributed by atoms with Gasteiger partial charge in [0, 0.05) is 0 Å². The lowest BCUT2D eigenvalue weighted by molar-refractivity contribution is 0.0487. The molecular formula is C25H38O6. The number of carbonyl (C=O) groups is 3. The van der Waals surface area contributed by atoms with E-state index in [1.54, 1.807) is 0 Å². The standard InChI is InChI=1S/C25H38O6/c1-2-3-4-5-6-7-8-9-10-11-12-13-14-15-19-31-25(30)21-18-16-17-20(23(26)27)22(21)24(28)29/h16-18H,2-15,19H2,1H3,(H,26,27)(H,28,29). The number of carboxylic acids is 2. The molecule has 0 amide bonds. The Hall–Kier alpha value is -2.37. The third kappa shape index (κ3) is 11.0. The molecule has 174 valence electrons. The molecule has 0 heterocycles. The number of rotatable bonds is 18. The van der Waals surface area contributed by atoms with Crippen molar-refractivity contribution in [2.45, 2.75) is 96.8 Å². The van der Waals surface area contributed by atoms with Crippen molar-refractivity contribution in [3.05, 3.63) is 34.9 Å². The number of hydrogen-bond acceptors (Lipinski definition) is 4. The second-order valence-corrected chi connectivity index (χ2v) is 8.07. The summed E-state index contributed by atoms with van der Waals surface area (Å²) in [5, 5.41) is 18.4. The molecule has 0 bridgehead atoms. The van der Waals surface area contributed by atoms with Crippen LogP contribution >= 0.6 is 0 Å². The SMILES string of the molecule is CCCCCCCCCCCCCCCCOC(=O)c1cccc(C(=O)O)c1C(=O)O. The smallest absolute Gasteiger partial charge is 0.339 e. The summed E-state index contributed by atoms with van der Waals surface area (Å²) in [5.41, 5.74) is -1.17. The Bertz CT molecular complexity index is 683. The molecule has 0 saturated carbocycles. The van der Waals surface area contributed by atoms with Crippen LogP contribution in [-0.4, -0.2) is 34.7 Å². The molecule has 0 atom stereocenters. The lowest BCUT2D eigenvalue weighted by atomic mass is 10.0. The number of carbonyl (C=O) groups excluding carboxylic acids is 1. The van der Waals surface area contributed by atoms with Gasteiger partial charge in [0.15, 0.2) is 0 Å². The van der Waals surface area contributed by atoms with Crippen molar-refractivity contribution in [3.8, 4) is 0 Å².